The summed E-state index contributed by atoms with van der Waals surface area (Å²) in [5.74, 6) is -0.0950. The van der Waals surface area contributed by atoms with Gasteiger partial charge in [-0.25, -0.2) is 23.5 Å². The highest BCUT2D eigenvalue weighted by atomic mass is 32.2. The van der Waals surface area contributed by atoms with Gasteiger partial charge in [-0.2, -0.15) is 0 Å². The third kappa shape index (κ3) is 4.16. The molecule has 3 aromatic carbocycles. The van der Waals surface area contributed by atoms with Crippen molar-refractivity contribution in [3.63, 3.8) is 0 Å². The van der Waals surface area contributed by atoms with Gasteiger partial charge in [0, 0.05) is 5.22 Å². The molecule has 35 heavy (non-hydrogen) atoms. The zero-order chi connectivity index (χ0) is 24.7. The quantitative estimate of drug-likeness (QED) is 0.423. The Balaban J connectivity index is 1.78. The lowest BCUT2D eigenvalue weighted by molar-refractivity contribution is -0.112. The van der Waals surface area contributed by atoms with E-state index >= 15 is 0 Å². The molecule has 176 valence electrons. The summed E-state index contributed by atoms with van der Waals surface area (Å²) in [6.45, 7) is 0. The Morgan fingerprint density at radius 1 is 1.06 bits per heavy atom. The molecule has 0 aliphatic carbocycles. The van der Waals surface area contributed by atoms with Crippen LogP contribution >= 0.6 is 11.3 Å². The van der Waals surface area contributed by atoms with E-state index in [1.165, 1.54) is 35.9 Å². The van der Waals surface area contributed by atoms with Crippen LogP contribution in [0.5, 0.6) is 11.6 Å². The number of primary sulfonamides is 1. The summed E-state index contributed by atoms with van der Waals surface area (Å²) in [6.07, 6.45) is 0. The van der Waals surface area contributed by atoms with Crippen LogP contribution in [0, 0.1) is 0 Å². The maximum absolute atomic E-state index is 12.9. The molecule has 0 fully saturated rings. The summed E-state index contributed by atoms with van der Waals surface area (Å²) in [5.41, 5.74) is 1.31. The van der Waals surface area contributed by atoms with Gasteiger partial charge < -0.3 is 9.84 Å². The highest BCUT2D eigenvalue weighted by molar-refractivity contribution is 7.89. The monoisotopic (exact) mass is 506 g/mol. The van der Waals surface area contributed by atoms with Crippen molar-refractivity contribution in [3.05, 3.63) is 93.1 Å². The number of aromatic hydroxyl groups is 1. The Morgan fingerprint density at radius 3 is 2.43 bits per heavy atom. The molecule has 0 unspecified atom stereocenters. The highest BCUT2D eigenvalue weighted by Crippen LogP contribution is 2.31. The van der Waals surface area contributed by atoms with E-state index in [1.54, 1.807) is 30.3 Å². The summed E-state index contributed by atoms with van der Waals surface area (Å²) in [7, 11) is -2.32. The van der Waals surface area contributed by atoms with Gasteiger partial charge >= 0.3 is 0 Å². The fraction of sp³-hybridized carbons (Fsp3) is 0.0417. The van der Waals surface area contributed by atoms with Crippen molar-refractivity contribution in [1.29, 1.82) is 0 Å². The van der Waals surface area contributed by atoms with E-state index in [-0.39, 0.29) is 16.3 Å². The molecule has 1 aliphatic rings. The number of benzene rings is 3. The van der Waals surface area contributed by atoms with Crippen LogP contribution < -0.4 is 25.3 Å². The Bertz CT molecular complexity index is 1770. The van der Waals surface area contributed by atoms with Gasteiger partial charge in [-0.1, -0.05) is 29.5 Å². The third-order valence-electron chi connectivity index (χ3n) is 5.34. The van der Waals surface area contributed by atoms with Gasteiger partial charge in [-0.3, -0.25) is 9.36 Å². The van der Waals surface area contributed by atoms with E-state index in [4.69, 9.17) is 9.88 Å². The number of nitrogens with two attached hydrogens (primary N) is 1. The Morgan fingerprint density at radius 2 is 1.77 bits per heavy atom. The second kappa shape index (κ2) is 8.62. The number of methoxy groups -OCH3 is 1. The molecule has 0 bridgehead atoms. The smallest absolute Gasteiger partial charge is 0.279 e. The van der Waals surface area contributed by atoms with Crippen LogP contribution in [0.4, 0.5) is 5.69 Å². The number of nitrogens with zero attached hydrogens (tertiary/aromatic N) is 3. The molecule has 0 saturated carbocycles. The maximum Gasteiger partial charge on any atom is 0.279 e. The first-order valence-corrected chi connectivity index (χ1v) is 12.6. The Kier molecular flexibility index (Phi) is 5.59. The van der Waals surface area contributed by atoms with Crippen molar-refractivity contribution in [2.45, 2.75) is 4.90 Å². The molecule has 3 N–H and O–H groups in total. The zero-order valence-corrected chi connectivity index (χ0v) is 19.9. The van der Waals surface area contributed by atoms with Gasteiger partial charge in [0.2, 0.25) is 15.9 Å². The van der Waals surface area contributed by atoms with Gasteiger partial charge in [0.15, 0.2) is 4.80 Å². The van der Waals surface area contributed by atoms with Crippen LogP contribution in [0.25, 0.3) is 11.3 Å². The van der Waals surface area contributed by atoms with E-state index in [1.807, 2.05) is 18.2 Å². The van der Waals surface area contributed by atoms with Crippen molar-refractivity contribution < 1.29 is 23.1 Å². The molecule has 9 nitrogen and oxygen atoms in total. The van der Waals surface area contributed by atoms with E-state index in [2.05, 4.69) is 9.98 Å². The molecule has 1 aliphatic heterocycles. The molecule has 5 rings (SSSR count). The third-order valence-corrected chi connectivity index (χ3v) is 7.32. The number of ether oxygens (including phenoxy) is 1. The largest absolute Gasteiger partial charge is 0.497 e. The molecule has 4 aromatic rings. The Hall–Kier alpha value is -4.06. The average Bonchev–Trinajstić information content (AvgIpc) is 3.33. The minimum Gasteiger partial charge on any atom is -0.497 e. The van der Waals surface area contributed by atoms with Crippen molar-refractivity contribution in [2.75, 3.05) is 7.11 Å². The van der Waals surface area contributed by atoms with Gasteiger partial charge in [-0.05, 0) is 54.6 Å². The molecule has 0 radical (unpaired) electrons. The predicted molar refractivity (Wildman–Crippen MR) is 130 cm³/mol. The summed E-state index contributed by atoms with van der Waals surface area (Å²) in [6, 6.07) is 19.9. The average molecular weight is 507 g/mol. The van der Waals surface area contributed by atoms with Crippen molar-refractivity contribution in [1.82, 2.24) is 4.57 Å². The van der Waals surface area contributed by atoms with Gasteiger partial charge in [0.1, 0.15) is 10.6 Å². The number of fused-ring (bicyclic) bond motifs is 1. The summed E-state index contributed by atoms with van der Waals surface area (Å²) < 4.78 is 30.0. The van der Waals surface area contributed by atoms with E-state index in [9.17, 15) is 18.3 Å². The van der Waals surface area contributed by atoms with Crippen molar-refractivity contribution in [3.8, 4) is 17.3 Å². The first-order valence-electron chi connectivity index (χ1n) is 10.3. The number of rotatable bonds is 5. The van der Waals surface area contributed by atoms with Crippen LogP contribution in [0.15, 0.2) is 87.7 Å². The summed E-state index contributed by atoms with van der Waals surface area (Å²) in [5, 5.41) is 17.5. The van der Waals surface area contributed by atoms with Gasteiger partial charge in [0.25, 0.3) is 5.91 Å². The lowest BCUT2D eigenvalue weighted by Crippen LogP contribution is -2.23. The SMILES string of the molecule is COc1ccc2c(c1)=C(c1sc(=Nc3ccc(S(N)(=O)=O)cc3)n(-c3ccccc3)c1O)C(=O)N=2. The second-order valence-electron chi connectivity index (χ2n) is 7.53. The van der Waals surface area contributed by atoms with Crippen molar-refractivity contribution >= 4 is 38.5 Å². The first kappa shape index (κ1) is 22.7. The molecule has 0 spiro atoms. The zero-order valence-electron chi connectivity index (χ0n) is 18.2. The standard InChI is InChI=1S/C24H18N4O5S2/c1-33-16-9-12-19-18(13-16)20(22(29)27-19)21-23(30)28(15-5-3-2-4-6-15)24(34-21)26-14-7-10-17(11-8-14)35(25,31)32/h2-13,30H,1H3,(H2,25,31,32). The molecular weight excluding hydrogens is 488 g/mol. The number of hydrogen-bond acceptors (Lipinski definition) is 7. The van der Waals surface area contributed by atoms with Crippen LogP contribution in [0.2, 0.25) is 0 Å². The molecular formula is C24H18N4O5S2. The first-order chi connectivity index (χ1) is 16.8. The van der Waals surface area contributed by atoms with Gasteiger partial charge in [-0.15, -0.1) is 0 Å². The lowest BCUT2D eigenvalue weighted by Gasteiger charge is -2.06. The molecule has 1 amide bonds. The van der Waals surface area contributed by atoms with Crippen LogP contribution in [-0.2, 0) is 14.8 Å². The normalized spacial score (nSPS) is 13.6. The summed E-state index contributed by atoms with van der Waals surface area (Å²) in [4.78, 5) is 22.2. The fourth-order valence-corrected chi connectivity index (χ4v) is 5.29. The van der Waals surface area contributed by atoms with Gasteiger partial charge in [0.05, 0.1) is 34.3 Å². The van der Waals surface area contributed by atoms with E-state index in [0.717, 1.165) is 11.3 Å². The van der Waals surface area contributed by atoms with Crippen molar-refractivity contribution in [2.24, 2.45) is 15.1 Å². The van der Waals surface area contributed by atoms with Crippen LogP contribution in [-0.4, -0.2) is 31.1 Å². The number of carbonyl (C=O) groups excluding carboxylic acids is 1. The molecule has 2 heterocycles. The summed E-state index contributed by atoms with van der Waals surface area (Å²) >= 11 is 1.11. The second-order valence-corrected chi connectivity index (χ2v) is 10.1. The fourth-order valence-electron chi connectivity index (χ4n) is 3.68. The molecule has 0 atom stereocenters. The van der Waals surface area contributed by atoms with E-state index in [0.29, 0.717) is 37.4 Å². The molecule has 0 saturated heterocycles. The number of para-hydroxylation sites is 1. The number of carbonyl (C=O) groups is 1. The lowest BCUT2D eigenvalue weighted by atomic mass is 10.1. The number of hydrogen-bond donors (Lipinski definition) is 2. The topological polar surface area (TPSA) is 136 Å². The molecule has 1 aromatic heterocycles. The minimum atomic E-state index is -3.84. The number of amides is 1. The van der Waals surface area contributed by atoms with E-state index < -0.39 is 15.9 Å². The number of aromatic nitrogens is 1. The predicted octanol–water partition coefficient (Wildman–Crippen LogP) is 1.49. The minimum absolute atomic E-state index is 0.0404. The van der Waals surface area contributed by atoms with Crippen LogP contribution in [0.3, 0.4) is 0 Å². The maximum atomic E-state index is 12.9. The van der Waals surface area contributed by atoms with Crippen LogP contribution in [0.1, 0.15) is 4.88 Å². The number of thiazole rings is 1. The molecule has 11 heteroatoms. The number of sulfonamides is 1. The Labute approximate surface area is 203 Å². The highest BCUT2D eigenvalue weighted by Gasteiger charge is 2.26.